The lowest BCUT2D eigenvalue weighted by Crippen LogP contribution is -2.30. The van der Waals surface area contributed by atoms with Crippen LogP contribution in [0.25, 0.3) is 0 Å². The predicted octanol–water partition coefficient (Wildman–Crippen LogP) is 26.6. The number of hydrogen-bond donors (Lipinski definition) is 3. The van der Waals surface area contributed by atoms with Gasteiger partial charge in [-0.1, -0.05) is 414 Å². The Morgan fingerprint density at radius 2 is 0.481 bits per heavy atom. The summed E-state index contributed by atoms with van der Waals surface area (Å²) in [6.45, 7) is 9.69. The second-order valence-corrected chi connectivity index (χ2v) is 34.9. The fourth-order valence-electron chi connectivity index (χ4n) is 13.6. The molecule has 630 valence electrons. The Labute approximate surface area is 651 Å². The van der Waals surface area contributed by atoms with Gasteiger partial charge >= 0.3 is 39.5 Å². The van der Waals surface area contributed by atoms with Crippen molar-refractivity contribution in [1.29, 1.82) is 0 Å². The van der Waals surface area contributed by atoms with Gasteiger partial charge in [0.25, 0.3) is 0 Å². The minimum atomic E-state index is -4.97. The third-order valence-corrected chi connectivity index (χ3v) is 22.7. The Balaban J connectivity index is 5.22. The lowest BCUT2D eigenvalue weighted by molar-refractivity contribution is -0.161. The van der Waals surface area contributed by atoms with Gasteiger partial charge in [0.1, 0.15) is 19.3 Å². The van der Waals surface area contributed by atoms with Gasteiger partial charge in [-0.25, -0.2) is 9.13 Å². The van der Waals surface area contributed by atoms with Crippen LogP contribution in [0, 0.1) is 11.8 Å². The van der Waals surface area contributed by atoms with Crippen LogP contribution in [0.2, 0.25) is 0 Å². The Hall–Kier alpha value is -1.94. The van der Waals surface area contributed by atoms with Gasteiger partial charge < -0.3 is 33.8 Å². The average molecular weight is 1550 g/mol. The van der Waals surface area contributed by atoms with Crippen LogP contribution in [0.3, 0.4) is 0 Å². The normalized spacial score (nSPS) is 14.1. The molecular weight excluding hydrogens is 1380 g/mol. The van der Waals surface area contributed by atoms with Crippen molar-refractivity contribution in [3.8, 4) is 0 Å². The Morgan fingerprint density at radius 3 is 0.717 bits per heavy atom. The van der Waals surface area contributed by atoms with Crippen molar-refractivity contribution in [1.82, 2.24) is 0 Å². The number of rotatable bonds is 86. The van der Waals surface area contributed by atoms with E-state index in [0.29, 0.717) is 31.6 Å². The first-order valence-electron chi connectivity index (χ1n) is 45.0. The second kappa shape index (κ2) is 78.3. The van der Waals surface area contributed by atoms with Gasteiger partial charge in [-0.05, 0) is 37.5 Å². The summed E-state index contributed by atoms with van der Waals surface area (Å²) >= 11 is 0. The molecule has 0 fully saturated rings. The molecule has 0 aliphatic heterocycles. The molecule has 0 heterocycles. The molecule has 0 aliphatic carbocycles. The SMILES string of the molecule is CCCCCCCCCCCCCCCCCCCC(=O)OC[C@H](COP(=O)(O)OC[C@@H](O)COP(=O)(O)OC[C@@H](COC(=O)CCCCCCCCCC(C)C)OC(=O)CCCCCCCCCCCCCCCCCCC)OC(=O)CCCCCCCCCCCCCCCCCCCCC(C)CC. The quantitative estimate of drug-likeness (QED) is 0.0222. The number of carbonyl (C=O) groups excluding carboxylic acids is 4. The zero-order valence-electron chi connectivity index (χ0n) is 69.7. The van der Waals surface area contributed by atoms with Gasteiger partial charge in [-0.15, -0.1) is 0 Å². The van der Waals surface area contributed by atoms with E-state index in [1.807, 2.05) is 0 Å². The van der Waals surface area contributed by atoms with Gasteiger partial charge in [-0.2, -0.15) is 0 Å². The van der Waals surface area contributed by atoms with Gasteiger partial charge in [0.05, 0.1) is 26.4 Å². The molecule has 0 spiro atoms. The summed E-state index contributed by atoms with van der Waals surface area (Å²) in [7, 11) is -9.93. The fraction of sp³-hybridized carbons (Fsp3) is 0.954. The standard InChI is InChI=1S/C87H170O17P2/c1-7-10-12-14-16-18-20-22-24-28-33-37-41-45-51-57-63-69-84(89)97-75-82(103-86(91)71-66-60-53-47-43-39-35-31-27-26-30-32-36-40-44-50-56-62-68-80(6)9-3)77-101-105(93,94)99-73-81(88)74-100-106(95,96)102-78-83(76-98-85(90)70-64-58-54-48-49-55-61-67-79(4)5)104-87(92)72-65-59-52-46-42-38-34-29-25-23-21-19-17-15-13-11-8-2/h79-83,88H,7-78H2,1-6H3,(H,93,94)(H,95,96)/t80?,81-,82-,83-/m1/s1. The van der Waals surface area contributed by atoms with E-state index in [9.17, 15) is 43.2 Å². The highest BCUT2D eigenvalue weighted by Crippen LogP contribution is 2.45. The van der Waals surface area contributed by atoms with E-state index in [2.05, 4.69) is 41.5 Å². The lowest BCUT2D eigenvalue weighted by atomic mass is 9.99. The summed E-state index contributed by atoms with van der Waals surface area (Å²) in [6, 6.07) is 0. The summed E-state index contributed by atoms with van der Waals surface area (Å²) in [6.07, 6.45) is 70.9. The third kappa shape index (κ3) is 78.7. The van der Waals surface area contributed by atoms with Crippen LogP contribution in [0.15, 0.2) is 0 Å². The molecule has 0 aromatic carbocycles. The maximum absolute atomic E-state index is 13.2. The Kier molecular flexibility index (Phi) is 76.9. The van der Waals surface area contributed by atoms with Crippen molar-refractivity contribution in [2.45, 2.75) is 484 Å². The molecule has 0 radical (unpaired) electrons. The van der Waals surface area contributed by atoms with Crippen molar-refractivity contribution in [3.63, 3.8) is 0 Å². The van der Waals surface area contributed by atoms with Crippen molar-refractivity contribution in [2.24, 2.45) is 11.8 Å². The molecule has 0 aromatic heterocycles. The molecule has 0 saturated heterocycles. The number of unbranched alkanes of at least 4 members (excludes halogenated alkanes) is 55. The molecule has 106 heavy (non-hydrogen) atoms. The summed E-state index contributed by atoms with van der Waals surface area (Å²) in [5.41, 5.74) is 0. The largest absolute Gasteiger partial charge is 0.472 e. The second-order valence-electron chi connectivity index (χ2n) is 32.0. The first-order chi connectivity index (χ1) is 51.4. The van der Waals surface area contributed by atoms with Crippen LogP contribution in [0.1, 0.15) is 465 Å². The summed E-state index contributed by atoms with van der Waals surface area (Å²) in [4.78, 5) is 73.2. The summed E-state index contributed by atoms with van der Waals surface area (Å²) in [5.74, 6) is -0.525. The molecule has 0 aliphatic rings. The average Bonchev–Trinajstić information content (AvgIpc) is 0.903. The van der Waals surface area contributed by atoms with Crippen LogP contribution >= 0.6 is 15.6 Å². The summed E-state index contributed by atoms with van der Waals surface area (Å²) < 4.78 is 68.9. The number of aliphatic hydroxyl groups is 1. The topological polar surface area (TPSA) is 237 Å². The number of carbonyl (C=O) groups is 4. The van der Waals surface area contributed by atoms with Crippen LogP contribution in [-0.4, -0.2) is 96.7 Å². The highest BCUT2D eigenvalue weighted by Gasteiger charge is 2.30. The molecule has 17 nitrogen and oxygen atoms in total. The molecular formula is C87H170O17P2. The molecule has 19 heteroatoms. The minimum absolute atomic E-state index is 0.108. The Morgan fingerprint density at radius 1 is 0.274 bits per heavy atom. The number of aliphatic hydroxyl groups excluding tert-OH is 1. The van der Waals surface area contributed by atoms with Gasteiger partial charge in [-0.3, -0.25) is 37.3 Å². The van der Waals surface area contributed by atoms with Gasteiger partial charge in [0.2, 0.25) is 0 Å². The van der Waals surface area contributed by atoms with Gasteiger partial charge in [0.15, 0.2) is 12.2 Å². The number of phosphoric ester groups is 2. The molecule has 0 rings (SSSR count). The van der Waals surface area contributed by atoms with Gasteiger partial charge in [0, 0.05) is 25.7 Å². The number of hydrogen-bond acceptors (Lipinski definition) is 15. The highest BCUT2D eigenvalue weighted by molar-refractivity contribution is 7.47. The van der Waals surface area contributed by atoms with E-state index >= 15 is 0 Å². The van der Waals surface area contributed by atoms with E-state index < -0.39 is 97.5 Å². The Bertz CT molecular complexity index is 2030. The van der Waals surface area contributed by atoms with Crippen molar-refractivity contribution in [3.05, 3.63) is 0 Å². The maximum atomic E-state index is 13.2. The van der Waals surface area contributed by atoms with Crippen LogP contribution < -0.4 is 0 Å². The maximum Gasteiger partial charge on any atom is 0.472 e. The number of esters is 4. The number of phosphoric acid groups is 2. The first kappa shape index (κ1) is 104. The molecule has 6 atom stereocenters. The van der Waals surface area contributed by atoms with E-state index in [-0.39, 0.29) is 25.7 Å². The van der Waals surface area contributed by atoms with E-state index in [0.717, 1.165) is 102 Å². The van der Waals surface area contributed by atoms with Crippen molar-refractivity contribution < 1.29 is 80.2 Å². The molecule has 3 unspecified atom stereocenters. The molecule has 0 amide bonds. The van der Waals surface area contributed by atoms with E-state index in [4.69, 9.17) is 37.0 Å². The van der Waals surface area contributed by atoms with Crippen molar-refractivity contribution in [2.75, 3.05) is 39.6 Å². The third-order valence-electron chi connectivity index (χ3n) is 20.8. The number of ether oxygens (including phenoxy) is 4. The zero-order chi connectivity index (χ0) is 77.8. The monoisotopic (exact) mass is 1550 g/mol. The first-order valence-corrected chi connectivity index (χ1v) is 48.0. The smallest absolute Gasteiger partial charge is 0.462 e. The molecule has 0 saturated carbocycles. The highest BCUT2D eigenvalue weighted by atomic mass is 31.2. The fourth-order valence-corrected chi connectivity index (χ4v) is 15.1. The van der Waals surface area contributed by atoms with Crippen LogP contribution in [-0.2, 0) is 65.4 Å². The molecule has 3 N–H and O–H groups in total. The molecule has 0 bridgehead atoms. The van der Waals surface area contributed by atoms with Crippen LogP contribution in [0.5, 0.6) is 0 Å². The lowest BCUT2D eigenvalue weighted by Gasteiger charge is -2.21. The zero-order valence-corrected chi connectivity index (χ0v) is 71.5. The summed E-state index contributed by atoms with van der Waals surface area (Å²) in [5, 5.41) is 10.7. The molecule has 0 aromatic rings. The van der Waals surface area contributed by atoms with E-state index in [1.54, 1.807) is 0 Å². The minimum Gasteiger partial charge on any atom is -0.462 e. The van der Waals surface area contributed by atoms with Crippen molar-refractivity contribution >= 4 is 39.5 Å². The predicted molar refractivity (Wildman–Crippen MR) is 437 cm³/mol. The van der Waals surface area contributed by atoms with E-state index in [1.165, 1.54) is 276 Å². The van der Waals surface area contributed by atoms with Crippen LogP contribution in [0.4, 0.5) is 0 Å².